The minimum absolute atomic E-state index is 0.0126. The molecule has 2 N–H and O–H groups in total. The number of carbonyl (C=O) groups is 1. The van der Waals surface area contributed by atoms with Gasteiger partial charge in [-0.15, -0.1) is 0 Å². The lowest BCUT2D eigenvalue weighted by Crippen LogP contribution is -2.42. The molecule has 1 aliphatic rings. The molecule has 37 heavy (non-hydrogen) atoms. The first-order valence-electron chi connectivity index (χ1n) is 12.9. The first-order chi connectivity index (χ1) is 17.4. The summed E-state index contributed by atoms with van der Waals surface area (Å²) >= 11 is 0. The molecule has 1 unspecified atom stereocenters. The third kappa shape index (κ3) is 4.52. The highest BCUT2D eigenvalue weighted by molar-refractivity contribution is 6.74. The summed E-state index contributed by atoms with van der Waals surface area (Å²) in [7, 11) is -0.0506. The van der Waals surface area contributed by atoms with E-state index in [4.69, 9.17) is 9.41 Å². The van der Waals surface area contributed by atoms with Gasteiger partial charge in [0.2, 0.25) is 0 Å². The predicted molar refractivity (Wildman–Crippen MR) is 150 cm³/mol. The van der Waals surface area contributed by atoms with Crippen LogP contribution in [0.3, 0.4) is 0 Å². The highest BCUT2D eigenvalue weighted by atomic mass is 28.4. The van der Waals surface area contributed by atoms with Crippen LogP contribution in [0, 0.1) is 0 Å². The molecule has 4 aromatic rings. The lowest BCUT2D eigenvalue weighted by molar-refractivity contribution is 0.0945. The van der Waals surface area contributed by atoms with Crippen LogP contribution in [-0.4, -0.2) is 57.6 Å². The molecule has 0 saturated heterocycles. The van der Waals surface area contributed by atoms with Crippen LogP contribution in [0.5, 0.6) is 0 Å². The standard InChI is InChI=1S/C27H37N7O2Si/c1-16(2)33-15-19(17-10-9-11-29-24(17)33)20-13-23(28-6)34-25(31-20)18(14-30-34)26(35)32-21-12-22(21)36-37(7,8)27(3,4)5/h9-11,13-16,21-22,28H,12H2,1-8H3,(H,32,35)/t21-,22?/m1/s1. The van der Waals surface area contributed by atoms with E-state index >= 15 is 0 Å². The molecule has 4 heterocycles. The zero-order valence-corrected chi connectivity index (χ0v) is 24.0. The van der Waals surface area contributed by atoms with Crippen molar-refractivity contribution in [2.45, 2.75) is 77.4 Å². The van der Waals surface area contributed by atoms with Gasteiger partial charge in [0.1, 0.15) is 17.0 Å². The number of rotatable bonds is 7. The maximum absolute atomic E-state index is 13.3. The number of nitrogens with one attached hydrogen (secondary N) is 2. The number of nitrogens with zero attached hydrogens (tertiary/aromatic N) is 5. The molecule has 1 saturated carbocycles. The minimum Gasteiger partial charge on any atom is -0.412 e. The van der Waals surface area contributed by atoms with Gasteiger partial charge in [0.05, 0.1) is 24.0 Å². The summed E-state index contributed by atoms with van der Waals surface area (Å²) in [5, 5.41) is 12.0. The quantitative estimate of drug-likeness (QED) is 0.323. The maximum Gasteiger partial charge on any atom is 0.257 e. The Morgan fingerprint density at radius 3 is 2.68 bits per heavy atom. The Labute approximate surface area is 218 Å². The summed E-state index contributed by atoms with van der Waals surface area (Å²) in [6.07, 6.45) is 6.38. The molecule has 196 valence electrons. The van der Waals surface area contributed by atoms with Crippen molar-refractivity contribution in [2.24, 2.45) is 0 Å². The highest BCUT2D eigenvalue weighted by Crippen LogP contribution is 2.41. The molecule has 0 aliphatic heterocycles. The second kappa shape index (κ2) is 8.95. The Morgan fingerprint density at radius 2 is 2.00 bits per heavy atom. The lowest BCUT2D eigenvalue weighted by Gasteiger charge is -2.36. The third-order valence-corrected chi connectivity index (χ3v) is 12.2. The van der Waals surface area contributed by atoms with Crippen LogP contribution in [-0.2, 0) is 4.43 Å². The van der Waals surface area contributed by atoms with Crippen molar-refractivity contribution in [2.75, 3.05) is 12.4 Å². The number of aromatic nitrogens is 5. The van der Waals surface area contributed by atoms with E-state index in [1.54, 1.807) is 16.9 Å². The molecule has 1 amide bonds. The predicted octanol–water partition coefficient (Wildman–Crippen LogP) is 5.26. The van der Waals surface area contributed by atoms with Crippen molar-refractivity contribution in [3.8, 4) is 11.3 Å². The fourth-order valence-corrected chi connectivity index (χ4v) is 5.75. The number of pyridine rings is 1. The Bertz CT molecular complexity index is 1480. The average molecular weight is 520 g/mol. The Kier molecular flexibility index (Phi) is 6.15. The van der Waals surface area contributed by atoms with Crippen LogP contribution in [0.1, 0.15) is 57.4 Å². The van der Waals surface area contributed by atoms with Gasteiger partial charge >= 0.3 is 0 Å². The fraction of sp³-hybridized carbons (Fsp3) is 0.481. The summed E-state index contributed by atoms with van der Waals surface area (Å²) in [5.41, 5.74) is 3.59. The summed E-state index contributed by atoms with van der Waals surface area (Å²) < 4.78 is 10.3. The Hall–Kier alpha value is -3.24. The average Bonchev–Trinajstić information content (AvgIpc) is 3.24. The number of fused-ring (bicyclic) bond motifs is 2. The van der Waals surface area contributed by atoms with Crippen molar-refractivity contribution < 1.29 is 9.22 Å². The highest BCUT2D eigenvalue weighted by Gasteiger charge is 2.47. The van der Waals surface area contributed by atoms with Crippen LogP contribution in [0.25, 0.3) is 27.9 Å². The van der Waals surface area contributed by atoms with Crippen molar-refractivity contribution in [1.29, 1.82) is 0 Å². The van der Waals surface area contributed by atoms with Crippen molar-refractivity contribution in [1.82, 2.24) is 29.5 Å². The van der Waals surface area contributed by atoms with Crippen LogP contribution in [0.2, 0.25) is 18.1 Å². The van der Waals surface area contributed by atoms with E-state index < -0.39 is 8.32 Å². The zero-order valence-electron chi connectivity index (χ0n) is 23.0. The SMILES string of the molecule is CNc1cc(-c2cn(C(C)C)c3ncccc23)nc2c(C(=O)N[C@@H]3CC3O[Si](C)(C)C(C)(C)C)cnn12. The summed E-state index contributed by atoms with van der Waals surface area (Å²) in [6, 6.07) is 6.21. The van der Waals surface area contributed by atoms with Gasteiger partial charge in [-0.25, -0.2) is 9.97 Å². The molecule has 0 bridgehead atoms. The van der Waals surface area contributed by atoms with E-state index in [0.717, 1.165) is 34.5 Å². The summed E-state index contributed by atoms with van der Waals surface area (Å²) in [4.78, 5) is 22.9. The molecule has 0 spiro atoms. The van der Waals surface area contributed by atoms with E-state index in [9.17, 15) is 4.79 Å². The van der Waals surface area contributed by atoms with Crippen molar-refractivity contribution in [3.05, 3.63) is 42.4 Å². The summed E-state index contributed by atoms with van der Waals surface area (Å²) in [5.74, 6) is 0.568. The Balaban J connectivity index is 1.47. The van der Waals surface area contributed by atoms with Gasteiger partial charge in [-0.2, -0.15) is 9.61 Å². The maximum atomic E-state index is 13.3. The molecule has 4 aromatic heterocycles. The number of hydrogen-bond acceptors (Lipinski definition) is 6. The topological polar surface area (TPSA) is 98.4 Å². The molecular formula is C27H37N7O2Si. The van der Waals surface area contributed by atoms with Crippen molar-refractivity contribution >= 4 is 36.7 Å². The van der Waals surface area contributed by atoms with Gasteiger partial charge in [-0.3, -0.25) is 4.79 Å². The normalized spacial score (nSPS) is 18.1. The van der Waals surface area contributed by atoms with Crippen molar-refractivity contribution in [3.63, 3.8) is 0 Å². The van der Waals surface area contributed by atoms with E-state index in [1.807, 2.05) is 19.2 Å². The molecule has 2 atom stereocenters. The fourth-order valence-electron chi connectivity index (χ4n) is 4.37. The van der Waals surface area contributed by atoms with Gasteiger partial charge < -0.3 is 19.6 Å². The first-order valence-corrected chi connectivity index (χ1v) is 15.8. The van der Waals surface area contributed by atoms with Gasteiger partial charge in [0.15, 0.2) is 14.0 Å². The molecule has 0 radical (unpaired) electrons. The van der Waals surface area contributed by atoms with Gasteiger partial charge in [0, 0.05) is 42.5 Å². The van der Waals surface area contributed by atoms with E-state index in [-0.39, 0.29) is 29.1 Å². The van der Waals surface area contributed by atoms with Gasteiger partial charge in [-0.05, 0) is 50.5 Å². The second-order valence-electron chi connectivity index (χ2n) is 11.7. The largest absolute Gasteiger partial charge is 0.412 e. The monoisotopic (exact) mass is 519 g/mol. The van der Waals surface area contributed by atoms with E-state index in [1.165, 1.54) is 0 Å². The Morgan fingerprint density at radius 1 is 1.24 bits per heavy atom. The number of amides is 1. The number of hydrogen-bond donors (Lipinski definition) is 2. The second-order valence-corrected chi connectivity index (χ2v) is 16.5. The molecule has 1 fully saturated rings. The van der Waals surface area contributed by atoms with E-state index in [2.05, 4.69) is 85.3 Å². The van der Waals surface area contributed by atoms with Crippen LogP contribution in [0.4, 0.5) is 5.82 Å². The number of carbonyl (C=O) groups excluding carboxylic acids is 1. The van der Waals surface area contributed by atoms with Gasteiger partial charge in [0.25, 0.3) is 5.91 Å². The lowest BCUT2D eigenvalue weighted by atomic mass is 10.1. The molecule has 9 nitrogen and oxygen atoms in total. The molecular weight excluding hydrogens is 482 g/mol. The van der Waals surface area contributed by atoms with Crippen LogP contribution >= 0.6 is 0 Å². The molecule has 0 aromatic carbocycles. The van der Waals surface area contributed by atoms with Crippen LogP contribution < -0.4 is 10.6 Å². The molecule has 5 rings (SSSR count). The third-order valence-electron chi connectivity index (χ3n) is 7.70. The van der Waals surface area contributed by atoms with Crippen LogP contribution in [0.15, 0.2) is 36.8 Å². The first kappa shape index (κ1) is 25.4. The molecule has 10 heteroatoms. The molecule has 1 aliphatic carbocycles. The van der Waals surface area contributed by atoms with Gasteiger partial charge in [-0.1, -0.05) is 20.8 Å². The minimum atomic E-state index is -1.89. The number of anilines is 1. The zero-order chi connectivity index (χ0) is 26.7. The smallest absolute Gasteiger partial charge is 0.257 e. The summed E-state index contributed by atoms with van der Waals surface area (Å²) in [6.45, 7) is 15.4. The van der Waals surface area contributed by atoms with E-state index in [0.29, 0.717) is 11.2 Å².